The summed E-state index contributed by atoms with van der Waals surface area (Å²) in [5, 5.41) is 14.0. The molecule has 2 aliphatic heterocycles. The number of amides is 2. The molecule has 0 spiro atoms. The Morgan fingerprint density at radius 3 is 2.52 bits per heavy atom. The maximum Gasteiger partial charge on any atom is 0.315 e. The fraction of sp³-hybridized carbons (Fsp3) is 0.500. The molecule has 0 aliphatic carbocycles. The molecule has 1 fully saturated rings. The van der Waals surface area contributed by atoms with Crippen LogP contribution in [-0.2, 0) is 26.1 Å². The van der Waals surface area contributed by atoms with Crippen molar-refractivity contribution >= 4 is 11.7 Å². The highest BCUT2D eigenvalue weighted by molar-refractivity contribution is 5.73. The molecule has 1 saturated heterocycles. The van der Waals surface area contributed by atoms with Gasteiger partial charge in [-0.1, -0.05) is 12.1 Å². The van der Waals surface area contributed by atoms with Gasteiger partial charge in [-0.15, -0.1) is 10.2 Å². The van der Waals surface area contributed by atoms with Crippen molar-refractivity contribution in [2.75, 3.05) is 18.0 Å². The molecule has 4 rings (SSSR count). The lowest BCUT2D eigenvalue weighted by molar-refractivity contribution is 0.239. The Morgan fingerprint density at radius 2 is 1.72 bits per heavy atom. The molecule has 0 atom stereocenters. The van der Waals surface area contributed by atoms with Crippen LogP contribution in [0.15, 0.2) is 24.3 Å². The average Bonchev–Trinajstić information content (AvgIpc) is 3.36. The Morgan fingerprint density at radius 1 is 0.960 bits per heavy atom. The van der Waals surface area contributed by atoms with Crippen LogP contribution in [0.5, 0.6) is 0 Å². The van der Waals surface area contributed by atoms with E-state index in [-0.39, 0.29) is 6.03 Å². The highest BCUT2D eigenvalue weighted by atomic mass is 16.2. The van der Waals surface area contributed by atoms with E-state index in [1.807, 2.05) is 0 Å². The highest BCUT2D eigenvalue weighted by Crippen LogP contribution is 2.20. The summed E-state index contributed by atoms with van der Waals surface area (Å²) in [6.45, 7) is 4.17. The number of urea groups is 1. The second kappa shape index (κ2) is 7.13. The van der Waals surface area contributed by atoms with Crippen LogP contribution >= 0.6 is 0 Å². The van der Waals surface area contributed by atoms with Crippen LogP contribution in [0.4, 0.5) is 10.5 Å². The van der Waals surface area contributed by atoms with E-state index >= 15 is 0 Å². The molecular weight excluding hydrogens is 316 g/mol. The quantitative estimate of drug-likeness (QED) is 0.871. The Labute approximate surface area is 147 Å². The smallest absolute Gasteiger partial charge is 0.315 e. The summed E-state index contributed by atoms with van der Waals surface area (Å²) < 4.78 is 2.09. The van der Waals surface area contributed by atoms with Gasteiger partial charge < -0.3 is 20.1 Å². The number of anilines is 1. The summed E-state index contributed by atoms with van der Waals surface area (Å²) in [5.74, 6) is 1.85. The first-order chi connectivity index (χ1) is 12.3. The summed E-state index contributed by atoms with van der Waals surface area (Å²) in [6.07, 6.45) is 4.64. The zero-order valence-electron chi connectivity index (χ0n) is 14.4. The van der Waals surface area contributed by atoms with Gasteiger partial charge in [-0.2, -0.15) is 0 Å². The Kier molecular flexibility index (Phi) is 4.54. The molecule has 2 aromatic rings. The Bertz CT molecular complexity index is 733. The van der Waals surface area contributed by atoms with Gasteiger partial charge in [0, 0.05) is 38.3 Å². The van der Waals surface area contributed by atoms with Gasteiger partial charge in [0.2, 0.25) is 0 Å². The van der Waals surface area contributed by atoms with Gasteiger partial charge in [-0.3, -0.25) is 0 Å². The van der Waals surface area contributed by atoms with E-state index in [0.717, 1.165) is 49.7 Å². The van der Waals surface area contributed by atoms with Gasteiger partial charge in [0.1, 0.15) is 5.82 Å². The summed E-state index contributed by atoms with van der Waals surface area (Å²) in [7, 11) is 0. The van der Waals surface area contributed by atoms with Gasteiger partial charge in [0.05, 0.1) is 6.54 Å². The number of hydrogen-bond donors (Lipinski definition) is 2. The number of carbonyl (C=O) groups is 1. The van der Waals surface area contributed by atoms with Crippen molar-refractivity contribution in [3.63, 3.8) is 0 Å². The molecule has 132 valence electrons. The Hall–Kier alpha value is -2.57. The second-order valence-electron chi connectivity index (χ2n) is 6.68. The molecule has 2 aliphatic rings. The van der Waals surface area contributed by atoms with E-state index < -0.39 is 0 Å². The summed E-state index contributed by atoms with van der Waals surface area (Å²) in [5.41, 5.74) is 2.37. The molecule has 1 aromatic carbocycles. The molecule has 2 amide bonds. The van der Waals surface area contributed by atoms with Crippen molar-refractivity contribution in [1.82, 2.24) is 25.4 Å². The van der Waals surface area contributed by atoms with Crippen LogP contribution in [0.3, 0.4) is 0 Å². The molecule has 0 radical (unpaired) electrons. The largest absolute Gasteiger partial charge is 0.372 e. The molecular formula is C18H24N6O. The van der Waals surface area contributed by atoms with Crippen LogP contribution < -0.4 is 15.5 Å². The topological polar surface area (TPSA) is 75.1 Å². The first kappa shape index (κ1) is 15.9. The van der Waals surface area contributed by atoms with E-state index in [4.69, 9.17) is 0 Å². The maximum absolute atomic E-state index is 12.0. The van der Waals surface area contributed by atoms with Crippen LogP contribution in [0.2, 0.25) is 0 Å². The number of aryl methyl sites for hydroxylation is 1. The van der Waals surface area contributed by atoms with Crippen molar-refractivity contribution in [2.45, 2.75) is 45.3 Å². The lowest BCUT2D eigenvalue weighted by Crippen LogP contribution is -2.35. The molecule has 3 heterocycles. The minimum absolute atomic E-state index is 0.182. The third kappa shape index (κ3) is 3.60. The van der Waals surface area contributed by atoms with Gasteiger partial charge in [0.15, 0.2) is 5.82 Å². The van der Waals surface area contributed by atoms with E-state index in [1.54, 1.807) is 0 Å². The van der Waals surface area contributed by atoms with Gasteiger partial charge in [0.25, 0.3) is 0 Å². The first-order valence-electron chi connectivity index (χ1n) is 9.06. The summed E-state index contributed by atoms with van der Waals surface area (Å²) in [4.78, 5) is 14.4. The minimum atomic E-state index is -0.182. The van der Waals surface area contributed by atoms with Crippen LogP contribution in [0.1, 0.15) is 36.5 Å². The molecule has 25 heavy (non-hydrogen) atoms. The van der Waals surface area contributed by atoms with E-state index in [9.17, 15) is 4.79 Å². The summed E-state index contributed by atoms with van der Waals surface area (Å²) in [6, 6.07) is 8.26. The molecule has 1 aromatic heterocycles. The van der Waals surface area contributed by atoms with Crippen molar-refractivity contribution < 1.29 is 4.79 Å². The lowest BCUT2D eigenvalue weighted by Gasteiger charge is -2.17. The fourth-order valence-electron chi connectivity index (χ4n) is 3.55. The van der Waals surface area contributed by atoms with Crippen molar-refractivity contribution in [3.05, 3.63) is 41.5 Å². The van der Waals surface area contributed by atoms with Crippen LogP contribution in [-0.4, -0.2) is 33.9 Å². The van der Waals surface area contributed by atoms with Crippen molar-refractivity contribution in [2.24, 2.45) is 0 Å². The number of nitrogens with one attached hydrogen (secondary N) is 2. The number of rotatable bonds is 5. The first-order valence-corrected chi connectivity index (χ1v) is 9.06. The second-order valence-corrected chi connectivity index (χ2v) is 6.68. The predicted octanol–water partition coefficient (Wildman–Crippen LogP) is 1.82. The van der Waals surface area contributed by atoms with E-state index in [2.05, 4.69) is 54.6 Å². The zero-order valence-corrected chi connectivity index (χ0v) is 14.4. The number of fused-ring (bicyclic) bond motifs is 1. The number of carbonyl (C=O) groups excluding carboxylic acids is 1. The monoisotopic (exact) mass is 340 g/mol. The Balaban J connectivity index is 1.24. The van der Waals surface area contributed by atoms with Gasteiger partial charge in [-0.25, -0.2) is 4.79 Å². The molecule has 2 N–H and O–H groups in total. The minimum Gasteiger partial charge on any atom is -0.372 e. The number of hydrogen-bond acceptors (Lipinski definition) is 4. The van der Waals surface area contributed by atoms with E-state index in [0.29, 0.717) is 13.1 Å². The highest BCUT2D eigenvalue weighted by Gasteiger charge is 2.17. The maximum atomic E-state index is 12.0. The standard InChI is InChI=1S/C18H24N6O/c25-18(20-13-17-22-21-16-4-3-11-24(16)17)19-12-14-5-7-15(8-6-14)23-9-1-2-10-23/h5-8H,1-4,9-13H2,(H2,19,20,25). The van der Waals surface area contributed by atoms with Crippen LogP contribution in [0.25, 0.3) is 0 Å². The molecule has 7 heteroatoms. The third-order valence-electron chi connectivity index (χ3n) is 4.95. The van der Waals surface area contributed by atoms with Gasteiger partial charge in [-0.05, 0) is 37.0 Å². The SMILES string of the molecule is O=C(NCc1ccc(N2CCCC2)cc1)NCc1nnc2n1CCC2. The lowest BCUT2D eigenvalue weighted by atomic mass is 10.2. The number of benzene rings is 1. The van der Waals surface area contributed by atoms with Gasteiger partial charge >= 0.3 is 6.03 Å². The van der Waals surface area contributed by atoms with Crippen molar-refractivity contribution in [3.8, 4) is 0 Å². The number of nitrogens with zero attached hydrogens (tertiary/aromatic N) is 4. The average molecular weight is 340 g/mol. The molecule has 7 nitrogen and oxygen atoms in total. The van der Waals surface area contributed by atoms with Crippen LogP contribution in [0, 0.1) is 0 Å². The predicted molar refractivity (Wildman–Crippen MR) is 95.3 cm³/mol. The number of aromatic nitrogens is 3. The van der Waals surface area contributed by atoms with E-state index in [1.165, 1.54) is 18.5 Å². The molecule has 0 saturated carbocycles. The summed E-state index contributed by atoms with van der Waals surface area (Å²) >= 11 is 0. The normalized spacial score (nSPS) is 16.1. The third-order valence-corrected chi connectivity index (χ3v) is 4.95. The fourth-order valence-corrected chi connectivity index (χ4v) is 3.55. The van der Waals surface area contributed by atoms with Crippen molar-refractivity contribution in [1.29, 1.82) is 0 Å². The molecule has 0 bridgehead atoms. The molecule has 0 unspecified atom stereocenters. The zero-order chi connectivity index (χ0) is 17.1.